The van der Waals surface area contributed by atoms with Crippen LogP contribution >= 0.6 is 0 Å². The lowest BCUT2D eigenvalue weighted by Gasteiger charge is -2.07. The highest BCUT2D eigenvalue weighted by Gasteiger charge is 2.14. The molecule has 0 aliphatic heterocycles. The summed E-state index contributed by atoms with van der Waals surface area (Å²) in [4.78, 5) is 12.0. The van der Waals surface area contributed by atoms with Crippen molar-refractivity contribution in [3.63, 3.8) is 0 Å². The average Bonchev–Trinajstić information content (AvgIpc) is 2.38. The zero-order valence-electron chi connectivity index (χ0n) is 11.9. The molecule has 0 heterocycles. The predicted molar refractivity (Wildman–Crippen MR) is 79.2 cm³/mol. The summed E-state index contributed by atoms with van der Waals surface area (Å²) in [6.45, 7) is 6.07. The van der Waals surface area contributed by atoms with E-state index in [0.29, 0.717) is 5.56 Å². The van der Waals surface area contributed by atoms with Crippen molar-refractivity contribution >= 4 is 5.78 Å². The smallest absolute Gasteiger partial charge is 0.195 e. The van der Waals surface area contributed by atoms with Crippen LogP contribution in [0.1, 0.15) is 44.0 Å². The molecule has 0 saturated heterocycles. The highest BCUT2D eigenvalue weighted by atomic mass is 16.3. The second kappa shape index (κ2) is 7.70. The van der Waals surface area contributed by atoms with Gasteiger partial charge in [-0.2, -0.15) is 0 Å². The molecule has 1 atom stereocenters. The number of allylic oxidation sites excluding steroid dienone is 3. The Kier molecular flexibility index (Phi) is 6.23. The van der Waals surface area contributed by atoms with Gasteiger partial charge >= 0.3 is 0 Å². The third-order valence-corrected chi connectivity index (χ3v) is 2.86. The van der Waals surface area contributed by atoms with Crippen LogP contribution in [0.2, 0.25) is 0 Å². The van der Waals surface area contributed by atoms with E-state index in [9.17, 15) is 9.90 Å². The van der Waals surface area contributed by atoms with Crippen molar-refractivity contribution in [1.82, 2.24) is 0 Å². The number of Topliss-reactive ketones (excluding diaryl/α,β-unsaturated/α-hetero) is 1. The Balaban J connectivity index is 2.60. The maximum Gasteiger partial charge on any atom is 0.195 e. The first-order valence-corrected chi connectivity index (χ1v) is 6.58. The average molecular weight is 258 g/mol. The molecule has 0 aromatic heterocycles. The van der Waals surface area contributed by atoms with Gasteiger partial charge in [0.25, 0.3) is 0 Å². The zero-order valence-corrected chi connectivity index (χ0v) is 11.9. The summed E-state index contributed by atoms with van der Waals surface area (Å²) in [7, 11) is 0. The summed E-state index contributed by atoms with van der Waals surface area (Å²) in [6.07, 6.45) is 4.56. The molecular weight excluding hydrogens is 236 g/mol. The van der Waals surface area contributed by atoms with E-state index in [1.165, 1.54) is 5.57 Å². The van der Waals surface area contributed by atoms with Gasteiger partial charge in [-0.3, -0.25) is 4.79 Å². The van der Waals surface area contributed by atoms with E-state index in [-0.39, 0.29) is 5.78 Å². The van der Waals surface area contributed by atoms with Crippen LogP contribution in [-0.4, -0.2) is 17.0 Å². The normalized spacial score (nSPS) is 12.9. The summed E-state index contributed by atoms with van der Waals surface area (Å²) in [5.74, 6) is -0.248. The molecule has 1 rings (SSSR count). The number of aliphatic hydroxyl groups excluding tert-OH is 1. The van der Waals surface area contributed by atoms with Gasteiger partial charge in [0, 0.05) is 5.56 Å². The van der Waals surface area contributed by atoms with Crippen LogP contribution in [0.5, 0.6) is 0 Å². The molecule has 0 radical (unpaired) electrons. The van der Waals surface area contributed by atoms with Crippen LogP contribution in [-0.2, 0) is 0 Å². The van der Waals surface area contributed by atoms with Crippen LogP contribution < -0.4 is 0 Å². The summed E-state index contributed by atoms with van der Waals surface area (Å²) >= 11 is 0. The molecule has 1 aromatic carbocycles. The summed E-state index contributed by atoms with van der Waals surface area (Å²) in [5.41, 5.74) is 2.87. The van der Waals surface area contributed by atoms with E-state index in [4.69, 9.17) is 0 Å². The first-order chi connectivity index (χ1) is 9.00. The summed E-state index contributed by atoms with van der Waals surface area (Å²) in [5, 5.41) is 9.91. The first kappa shape index (κ1) is 15.4. The SMILES string of the molecule is CC(C)=CCC/C(C)=C/C(O)C(=O)c1ccccc1. The Morgan fingerprint density at radius 1 is 1.21 bits per heavy atom. The number of ketones is 1. The lowest BCUT2D eigenvalue weighted by atomic mass is 10.0. The standard InChI is InChI=1S/C17H22O2/c1-13(2)8-7-9-14(3)12-16(18)17(19)15-10-5-4-6-11-15/h4-6,8,10-12,16,18H,7,9H2,1-3H3/b14-12+. The van der Waals surface area contributed by atoms with Gasteiger partial charge in [-0.25, -0.2) is 0 Å². The Morgan fingerprint density at radius 3 is 2.42 bits per heavy atom. The molecule has 0 aliphatic carbocycles. The second-order valence-corrected chi connectivity index (χ2v) is 5.01. The molecule has 2 heteroatoms. The van der Waals surface area contributed by atoms with E-state index in [1.54, 1.807) is 30.3 Å². The number of carbonyl (C=O) groups is 1. The number of hydrogen-bond acceptors (Lipinski definition) is 2. The lowest BCUT2D eigenvalue weighted by Crippen LogP contribution is -2.18. The molecule has 0 aliphatic rings. The van der Waals surface area contributed by atoms with Crippen molar-refractivity contribution < 1.29 is 9.90 Å². The number of carbonyl (C=O) groups excluding carboxylic acids is 1. The van der Waals surface area contributed by atoms with E-state index in [2.05, 4.69) is 19.9 Å². The maximum atomic E-state index is 12.0. The fraction of sp³-hybridized carbons (Fsp3) is 0.353. The molecule has 0 amide bonds. The minimum atomic E-state index is -1.05. The Morgan fingerprint density at radius 2 is 1.84 bits per heavy atom. The minimum Gasteiger partial charge on any atom is -0.381 e. The van der Waals surface area contributed by atoms with Crippen molar-refractivity contribution in [3.8, 4) is 0 Å². The third-order valence-electron chi connectivity index (χ3n) is 2.86. The summed E-state index contributed by atoms with van der Waals surface area (Å²) < 4.78 is 0. The molecule has 19 heavy (non-hydrogen) atoms. The monoisotopic (exact) mass is 258 g/mol. The summed E-state index contributed by atoms with van der Waals surface area (Å²) in [6, 6.07) is 8.89. The van der Waals surface area contributed by atoms with Gasteiger partial charge in [-0.15, -0.1) is 0 Å². The molecule has 1 unspecified atom stereocenters. The van der Waals surface area contributed by atoms with Crippen LogP contribution in [0.4, 0.5) is 0 Å². The second-order valence-electron chi connectivity index (χ2n) is 5.01. The van der Waals surface area contributed by atoms with Crippen molar-refractivity contribution in [2.24, 2.45) is 0 Å². The van der Waals surface area contributed by atoms with Crippen molar-refractivity contribution in [2.75, 3.05) is 0 Å². The van der Waals surface area contributed by atoms with Gasteiger partial charge in [0.05, 0.1) is 0 Å². The topological polar surface area (TPSA) is 37.3 Å². The van der Waals surface area contributed by atoms with E-state index >= 15 is 0 Å². The molecule has 0 saturated carbocycles. The van der Waals surface area contributed by atoms with Crippen molar-refractivity contribution in [1.29, 1.82) is 0 Å². The number of rotatable bonds is 6. The molecule has 102 valence electrons. The van der Waals surface area contributed by atoms with Gasteiger partial charge in [-0.05, 0) is 39.7 Å². The largest absolute Gasteiger partial charge is 0.381 e. The molecule has 2 nitrogen and oxygen atoms in total. The molecule has 0 bridgehead atoms. The first-order valence-electron chi connectivity index (χ1n) is 6.58. The zero-order chi connectivity index (χ0) is 14.3. The fourth-order valence-electron chi connectivity index (χ4n) is 1.79. The van der Waals surface area contributed by atoms with Crippen LogP contribution in [0.25, 0.3) is 0 Å². The Hall–Kier alpha value is -1.67. The van der Waals surface area contributed by atoms with Crippen molar-refractivity contribution in [3.05, 3.63) is 59.2 Å². The fourth-order valence-corrected chi connectivity index (χ4v) is 1.79. The van der Waals surface area contributed by atoms with E-state index in [0.717, 1.165) is 18.4 Å². The third kappa shape index (κ3) is 5.66. The highest BCUT2D eigenvalue weighted by molar-refractivity contribution is 6.00. The minimum absolute atomic E-state index is 0.248. The van der Waals surface area contributed by atoms with Gasteiger partial charge in [0.15, 0.2) is 5.78 Å². The quantitative estimate of drug-likeness (QED) is 0.620. The van der Waals surface area contributed by atoms with Gasteiger partial charge in [0.1, 0.15) is 6.10 Å². The Labute approximate surface area is 115 Å². The van der Waals surface area contributed by atoms with Crippen LogP contribution in [0.3, 0.4) is 0 Å². The van der Waals surface area contributed by atoms with E-state index in [1.807, 2.05) is 13.0 Å². The predicted octanol–water partition coefficient (Wildman–Crippen LogP) is 3.92. The van der Waals surface area contributed by atoms with Gasteiger partial charge in [-0.1, -0.05) is 47.6 Å². The van der Waals surface area contributed by atoms with Crippen LogP contribution in [0.15, 0.2) is 53.6 Å². The Bertz CT molecular complexity index is 465. The van der Waals surface area contributed by atoms with Gasteiger partial charge < -0.3 is 5.11 Å². The number of hydrogen-bond donors (Lipinski definition) is 1. The van der Waals surface area contributed by atoms with Crippen molar-refractivity contribution in [2.45, 2.75) is 39.7 Å². The number of benzene rings is 1. The molecule has 1 aromatic rings. The molecule has 1 N–H and O–H groups in total. The van der Waals surface area contributed by atoms with E-state index < -0.39 is 6.10 Å². The highest BCUT2D eigenvalue weighted by Crippen LogP contribution is 2.10. The lowest BCUT2D eigenvalue weighted by molar-refractivity contribution is 0.0819. The van der Waals surface area contributed by atoms with Crippen LogP contribution in [0, 0.1) is 0 Å². The molecular formula is C17H22O2. The maximum absolute atomic E-state index is 12.0. The molecule has 0 spiro atoms. The van der Waals surface area contributed by atoms with Gasteiger partial charge in [0.2, 0.25) is 0 Å². The number of aliphatic hydroxyl groups is 1. The molecule has 0 fully saturated rings.